The fourth-order valence-corrected chi connectivity index (χ4v) is 2.22. The van der Waals surface area contributed by atoms with E-state index in [1.165, 1.54) is 5.56 Å². The second-order valence-corrected chi connectivity index (χ2v) is 5.67. The van der Waals surface area contributed by atoms with Crippen LogP contribution in [0.2, 0.25) is 0 Å². The van der Waals surface area contributed by atoms with Crippen molar-refractivity contribution in [3.8, 4) is 0 Å². The molecule has 1 unspecified atom stereocenters. The average molecular weight is 397 g/mol. The number of aryl methyl sites for hydroxylation is 1. The number of hydrogen-bond acceptors (Lipinski definition) is 2. The maximum absolute atomic E-state index is 12.1. The summed E-state index contributed by atoms with van der Waals surface area (Å²) in [6, 6.07) is 5.83. The molecular weight excluding hydrogens is 375 g/mol. The second kappa shape index (κ2) is 9.55. The van der Waals surface area contributed by atoms with Crippen molar-refractivity contribution in [3.63, 3.8) is 0 Å². The summed E-state index contributed by atoms with van der Waals surface area (Å²) in [5, 5.41) is 3.00. The van der Waals surface area contributed by atoms with Gasteiger partial charge in [0.25, 0.3) is 5.91 Å². The zero-order valence-corrected chi connectivity index (χ0v) is 14.4. The summed E-state index contributed by atoms with van der Waals surface area (Å²) in [6.07, 6.45) is 3.16. The first-order chi connectivity index (χ1) is 8.58. The Hall–Kier alpha value is -0.330. The van der Waals surface area contributed by atoms with Crippen LogP contribution in [0.15, 0.2) is 18.2 Å². The monoisotopic (exact) mass is 396 g/mol. The highest BCUT2D eigenvalue weighted by Crippen LogP contribution is 2.13. The van der Waals surface area contributed by atoms with Gasteiger partial charge in [0.1, 0.15) is 0 Å². The standard InChI is InChI=1S/C14H21IN2O.ClH/c1-3-4-5-12(9-16)17-14(18)11-7-6-10(2)13(15)8-11;/h6-8,12H,3-5,9,16H2,1-2H3,(H,17,18);1H. The normalized spacial score (nSPS) is 11.6. The molecule has 0 heterocycles. The quantitative estimate of drug-likeness (QED) is 0.725. The molecule has 3 nitrogen and oxygen atoms in total. The lowest BCUT2D eigenvalue weighted by Gasteiger charge is -2.16. The lowest BCUT2D eigenvalue weighted by Crippen LogP contribution is -2.40. The smallest absolute Gasteiger partial charge is 0.251 e. The molecule has 1 aromatic carbocycles. The summed E-state index contributed by atoms with van der Waals surface area (Å²) < 4.78 is 1.11. The van der Waals surface area contributed by atoms with Crippen LogP contribution in [0.1, 0.15) is 42.1 Å². The molecule has 19 heavy (non-hydrogen) atoms. The van der Waals surface area contributed by atoms with Gasteiger partial charge in [0.05, 0.1) is 0 Å². The Kier molecular flexibility index (Phi) is 9.39. The first kappa shape index (κ1) is 18.7. The maximum atomic E-state index is 12.1. The molecule has 1 amide bonds. The van der Waals surface area contributed by atoms with Gasteiger partial charge < -0.3 is 11.1 Å². The predicted octanol–water partition coefficient (Wildman–Crippen LogP) is 3.27. The fourth-order valence-electron chi connectivity index (χ4n) is 1.70. The Morgan fingerprint density at radius 3 is 2.68 bits per heavy atom. The maximum Gasteiger partial charge on any atom is 0.251 e. The molecule has 0 aromatic heterocycles. The predicted molar refractivity (Wildman–Crippen MR) is 91.0 cm³/mol. The van der Waals surface area contributed by atoms with E-state index in [0.29, 0.717) is 12.1 Å². The zero-order valence-electron chi connectivity index (χ0n) is 11.4. The van der Waals surface area contributed by atoms with E-state index in [2.05, 4.69) is 34.8 Å². The Morgan fingerprint density at radius 2 is 2.16 bits per heavy atom. The number of benzene rings is 1. The topological polar surface area (TPSA) is 55.1 Å². The number of unbranched alkanes of at least 4 members (excludes halogenated alkanes) is 1. The molecule has 5 heteroatoms. The molecule has 0 aliphatic heterocycles. The molecule has 0 fully saturated rings. The third-order valence-electron chi connectivity index (χ3n) is 2.96. The number of nitrogens with two attached hydrogens (primary N) is 1. The van der Waals surface area contributed by atoms with E-state index in [1.54, 1.807) is 0 Å². The van der Waals surface area contributed by atoms with E-state index >= 15 is 0 Å². The lowest BCUT2D eigenvalue weighted by molar-refractivity contribution is 0.0935. The Bertz CT molecular complexity index is 412. The summed E-state index contributed by atoms with van der Waals surface area (Å²) in [5.41, 5.74) is 7.57. The van der Waals surface area contributed by atoms with Gasteiger partial charge in [-0.25, -0.2) is 0 Å². The van der Waals surface area contributed by atoms with Crippen molar-refractivity contribution in [2.24, 2.45) is 5.73 Å². The molecule has 1 atom stereocenters. The number of carbonyl (C=O) groups is 1. The van der Waals surface area contributed by atoms with Crippen LogP contribution in [0.4, 0.5) is 0 Å². The van der Waals surface area contributed by atoms with E-state index in [0.717, 1.165) is 22.8 Å². The number of rotatable bonds is 6. The molecule has 0 radical (unpaired) electrons. The average Bonchev–Trinajstić information content (AvgIpc) is 2.37. The van der Waals surface area contributed by atoms with E-state index in [-0.39, 0.29) is 24.4 Å². The Labute approximate surface area is 135 Å². The van der Waals surface area contributed by atoms with E-state index in [9.17, 15) is 4.79 Å². The van der Waals surface area contributed by atoms with Gasteiger partial charge >= 0.3 is 0 Å². The third-order valence-corrected chi connectivity index (χ3v) is 4.12. The van der Waals surface area contributed by atoms with Gasteiger partial charge in [0.15, 0.2) is 0 Å². The lowest BCUT2D eigenvalue weighted by atomic mass is 10.1. The molecular formula is C14H22ClIN2O. The molecule has 0 bridgehead atoms. The van der Waals surface area contributed by atoms with Crippen LogP contribution in [-0.4, -0.2) is 18.5 Å². The molecule has 1 rings (SSSR count). The van der Waals surface area contributed by atoms with Gasteiger partial charge in [-0.2, -0.15) is 0 Å². The summed E-state index contributed by atoms with van der Waals surface area (Å²) in [7, 11) is 0. The highest BCUT2D eigenvalue weighted by Gasteiger charge is 2.12. The van der Waals surface area contributed by atoms with Crippen molar-refractivity contribution in [2.45, 2.75) is 39.2 Å². The molecule has 0 spiro atoms. The highest BCUT2D eigenvalue weighted by atomic mass is 127. The third kappa shape index (κ3) is 6.10. The van der Waals surface area contributed by atoms with Crippen LogP contribution >= 0.6 is 35.0 Å². The van der Waals surface area contributed by atoms with Crippen LogP contribution in [-0.2, 0) is 0 Å². The number of amides is 1. The largest absolute Gasteiger partial charge is 0.348 e. The van der Waals surface area contributed by atoms with Gasteiger partial charge in [0.2, 0.25) is 0 Å². The molecule has 1 aromatic rings. The number of halogens is 2. The summed E-state index contributed by atoms with van der Waals surface area (Å²) in [4.78, 5) is 12.1. The minimum Gasteiger partial charge on any atom is -0.348 e. The van der Waals surface area contributed by atoms with Crippen molar-refractivity contribution in [2.75, 3.05) is 6.54 Å². The summed E-state index contributed by atoms with van der Waals surface area (Å²) in [6.45, 7) is 4.67. The van der Waals surface area contributed by atoms with Crippen LogP contribution in [0.5, 0.6) is 0 Å². The molecule has 3 N–H and O–H groups in total. The van der Waals surface area contributed by atoms with Gasteiger partial charge in [-0.05, 0) is 53.6 Å². The first-order valence-electron chi connectivity index (χ1n) is 6.35. The van der Waals surface area contributed by atoms with Crippen molar-refractivity contribution < 1.29 is 4.79 Å². The fraction of sp³-hybridized carbons (Fsp3) is 0.500. The van der Waals surface area contributed by atoms with Crippen molar-refractivity contribution in [1.29, 1.82) is 0 Å². The van der Waals surface area contributed by atoms with Gasteiger partial charge in [-0.15, -0.1) is 12.4 Å². The minimum absolute atomic E-state index is 0. The number of nitrogens with one attached hydrogen (secondary N) is 1. The van der Waals surface area contributed by atoms with E-state index in [1.807, 2.05) is 25.1 Å². The Morgan fingerprint density at radius 1 is 1.47 bits per heavy atom. The SMILES string of the molecule is CCCCC(CN)NC(=O)c1ccc(C)c(I)c1.Cl. The van der Waals surface area contributed by atoms with Gasteiger partial charge in [0, 0.05) is 21.7 Å². The zero-order chi connectivity index (χ0) is 13.5. The van der Waals surface area contributed by atoms with Gasteiger partial charge in [-0.3, -0.25) is 4.79 Å². The number of carbonyl (C=O) groups excluding carboxylic acids is 1. The van der Waals surface area contributed by atoms with Crippen LogP contribution < -0.4 is 11.1 Å². The van der Waals surface area contributed by atoms with E-state index in [4.69, 9.17) is 5.73 Å². The summed E-state index contributed by atoms with van der Waals surface area (Å²) in [5.74, 6) is -0.0283. The Balaban J connectivity index is 0.00000324. The van der Waals surface area contributed by atoms with Crippen molar-refractivity contribution in [3.05, 3.63) is 32.9 Å². The first-order valence-corrected chi connectivity index (χ1v) is 7.43. The number of hydrogen-bond donors (Lipinski definition) is 2. The minimum atomic E-state index is -0.0283. The van der Waals surface area contributed by atoms with Crippen molar-refractivity contribution in [1.82, 2.24) is 5.32 Å². The molecule has 0 saturated carbocycles. The van der Waals surface area contributed by atoms with Crippen LogP contribution in [0, 0.1) is 10.5 Å². The summed E-state index contributed by atoms with van der Waals surface area (Å²) >= 11 is 2.24. The molecule has 0 aliphatic rings. The van der Waals surface area contributed by atoms with Crippen molar-refractivity contribution >= 4 is 40.9 Å². The van der Waals surface area contributed by atoms with Gasteiger partial charge in [-0.1, -0.05) is 25.8 Å². The van der Waals surface area contributed by atoms with E-state index < -0.39 is 0 Å². The molecule has 108 valence electrons. The molecule has 0 saturated heterocycles. The molecule has 0 aliphatic carbocycles. The van der Waals surface area contributed by atoms with Crippen LogP contribution in [0.25, 0.3) is 0 Å². The highest BCUT2D eigenvalue weighted by molar-refractivity contribution is 14.1. The second-order valence-electron chi connectivity index (χ2n) is 4.51. The van der Waals surface area contributed by atoms with Crippen LogP contribution in [0.3, 0.4) is 0 Å².